The maximum atomic E-state index is 5.21. The number of nitrogens with zero attached hydrogens (tertiary/aromatic N) is 4. The Balaban J connectivity index is 1.48. The predicted octanol–water partition coefficient (Wildman–Crippen LogP) is 5.14. The van der Waals surface area contributed by atoms with Crippen LogP contribution in [0.1, 0.15) is 5.56 Å². The van der Waals surface area contributed by atoms with Crippen LogP contribution in [0.3, 0.4) is 0 Å². The van der Waals surface area contributed by atoms with Crippen molar-refractivity contribution >= 4 is 22.2 Å². The summed E-state index contributed by atoms with van der Waals surface area (Å²) < 4.78 is 7.30. The van der Waals surface area contributed by atoms with Gasteiger partial charge in [-0.1, -0.05) is 42.5 Å². The Labute approximate surface area is 177 Å². The van der Waals surface area contributed by atoms with Gasteiger partial charge in [0.2, 0.25) is 5.95 Å². The zero-order chi connectivity index (χ0) is 20.3. The molecule has 0 aliphatic rings. The predicted molar refractivity (Wildman–Crippen MR) is 120 cm³/mol. The second-order valence-corrected chi connectivity index (χ2v) is 7.57. The highest BCUT2D eigenvalue weighted by molar-refractivity contribution is 7.15. The van der Waals surface area contributed by atoms with E-state index < -0.39 is 0 Å². The molecule has 5 rings (SSSR count). The van der Waals surface area contributed by atoms with Crippen molar-refractivity contribution < 1.29 is 4.74 Å². The van der Waals surface area contributed by atoms with Gasteiger partial charge in [-0.2, -0.15) is 0 Å². The fourth-order valence-corrected chi connectivity index (χ4v) is 4.04. The molecule has 0 aliphatic heterocycles. The van der Waals surface area contributed by atoms with E-state index in [9.17, 15) is 0 Å². The average molecular weight is 414 g/mol. The van der Waals surface area contributed by atoms with E-state index in [1.807, 2.05) is 60.1 Å². The van der Waals surface area contributed by atoms with Gasteiger partial charge in [-0.25, -0.2) is 15.0 Å². The molecule has 0 bridgehead atoms. The summed E-state index contributed by atoms with van der Waals surface area (Å²) in [6.07, 6.45) is 3.81. The summed E-state index contributed by atoms with van der Waals surface area (Å²) in [6.45, 7) is 0.624. The van der Waals surface area contributed by atoms with Crippen molar-refractivity contribution in [2.24, 2.45) is 0 Å². The molecule has 0 spiro atoms. The molecule has 3 heterocycles. The molecule has 2 aromatic carbocycles. The number of aromatic nitrogens is 4. The van der Waals surface area contributed by atoms with Crippen LogP contribution in [0.15, 0.2) is 78.4 Å². The first-order valence-corrected chi connectivity index (χ1v) is 10.4. The van der Waals surface area contributed by atoms with Crippen LogP contribution < -0.4 is 10.1 Å². The second-order valence-electron chi connectivity index (χ2n) is 6.70. The number of ether oxygens (including phenoxy) is 1. The van der Waals surface area contributed by atoms with E-state index in [2.05, 4.69) is 26.8 Å². The lowest BCUT2D eigenvalue weighted by molar-refractivity contribution is 0.414. The molecule has 0 radical (unpaired) electrons. The van der Waals surface area contributed by atoms with Crippen LogP contribution in [0, 0.1) is 0 Å². The molecule has 148 valence electrons. The Morgan fingerprint density at radius 1 is 1.00 bits per heavy atom. The van der Waals surface area contributed by atoms with E-state index in [1.165, 1.54) is 0 Å². The van der Waals surface area contributed by atoms with Crippen molar-refractivity contribution in [1.82, 2.24) is 19.4 Å². The zero-order valence-corrected chi connectivity index (χ0v) is 17.1. The number of anilines is 1. The fraction of sp³-hybridized carbons (Fsp3) is 0.0870. The number of methoxy groups -OCH3 is 1. The SMILES string of the molecule is COc1ccc(CNc2nccc(-c3c(-c4ccccc4)nc4sccn34)n2)cc1. The van der Waals surface area contributed by atoms with Crippen LogP contribution >= 0.6 is 11.3 Å². The Bertz CT molecular complexity index is 1280. The third kappa shape index (κ3) is 3.51. The van der Waals surface area contributed by atoms with E-state index >= 15 is 0 Å². The molecule has 0 saturated heterocycles. The number of thiazole rings is 1. The quantitative estimate of drug-likeness (QED) is 0.418. The lowest BCUT2D eigenvalue weighted by Gasteiger charge is -2.08. The molecule has 0 aliphatic carbocycles. The van der Waals surface area contributed by atoms with Crippen LogP contribution in [0.5, 0.6) is 5.75 Å². The van der Waals surface area contributed by atoms with Crippen molar-refractivity contribution in [2.45, 2.75) is 6.54 Å². The summed E-state index contributed by atoms with van der Waals surface area (Å²) in [5, 5.41) is 5.34. The first kappa shape index (κ1) is 18.3. The first-order valence-electron chi connectivity index (χ1n) is 9.53. The number of imidazole rings is 1. The van der Waals surface area contributed by atoms with Crippen LogP contribution in [-0.2, 0) is 6.54 Å². The van der Waals surface area contributed by atoms with Gasteiger partial charge in [0, 0.05) is 29.9 Å². The van der Waals surface area contributed by atoms with Gasteiger partial charge in [-0.05, 0) is 23.8 Å². The van der Waals surface area contributed by atoms with Crippen molar-refractivity contribution in [3.05, 3.63) is 84.0 Å². The highest BCUT2D eigenvalue weighted by Gasteiger charge is 2.18. The molecule has 0 atom stereocenters. The maximum absolute atomic E-state index is 5.21. The monoisotopic (exact) mass is 413 g/mol. The molecular formula is C23H19N5OS. The summed E-state index contributed by atoms with van der Waals surface area (Å²) >= 11 is 1.61. The molecule has 1 N–H and O–H groups in total. The van der Waals surface area contributed by atoms with Gasteiger partial charge in [0.25, 0.3) is 0 Å². The van der Waals surface area contributed by atoms with Gasteiger partial charge in [-0.3, -0.25) is 4.40 Å². The molecule has 5 aromatic rings. The number of benzene rings is 2. The van der Waals surface area contributed by atoms with Gasteiger partial charge >= 0.3 is 0 Å². The molecule has 0 amide bonds. The number of hydrogen-bond acceptors (Lipinski definition) is 6. The maximum Gasteiger partial charge on any atom is 0.223 e. The summed E-state index contributed by atoms with van der Waals surface area (Å²) in [5.41, 5.74) is 4.90. The summed E-state index contributed by atoms with van der Waals surface area (Å²) in [5.74, 6) is 1.42. The second kappa shape index (κ2) is 7.96. The van der Waals surface area contributed by atoms with Crippen molar-refractivity contribution in [3.8, 4) is 28.4 Å². The van der Waals surface area contributed by atoms with Gasteiger partial charge in [0.15, 0.2) is 4.96 Å². The fourth-order valence-electron chi connectivity index (χ4n) is 3.33. The summed E-state index contributed by atoms with van der Waals surface area (Å²) in [7, 11) is 1.66. The number of rotatable bonds is 6. The minimum Gasteiger partial charge on any atom is -0.497 e. The minimum absolute atomic E-state index is 0.576. The Morgan fingerprint density at radius 2 is 1.83 bits per heavy atom. The zero-order valence-electron chi connectivity index (χ0n) is 16.3. The van der Waals surface area contributed by atoms with Crippen LogP contribution in [0.2, 0.25) is 0 Å². The van der Waals surface area contributed by atoms with Crippen molar-refractivity contribution in [3.63, 3.8) is 0 Å². The highest BCUT2D eigenvalue weighted by Crippen LogP contribution is 2.33. The molecule has 0 fully saturated rings. The number of fused-ring (bicyclic) bond motifs is 1. The van der Waals surface area contributed by atoms with Gasteiger partial charge in [0.1, 0.15) is 11.4 Å². The molecular weight excluding hydrogens is 394 g/mol. The van der Waals surface area contributed by atoms with E-state index in [1.54, 1.807) is 24.6 Å². The molecule has 30 heavy (non-hydrogen) atoms. The lowest BCUT2D eigenvalue weighted by atomic mass is 10.1. The van der Waals surface area contributed by atoms with E-state index in [-0.39, 0.29) is 0 Å². The Morgan fingerprint density at radius 3 is 2.63 bits per heavy atom. The van der Waals surface area contributed by atoms with E-state index in [0.717, 1.165) is 38.9 Å². The summed E-state index contributed by atoms with van der Waals surface area (Å²) in [6, 6.07) is 20.0. The van der Waals surface area contributed by atoms with E-state index in [0.29, 0.717) is 12.5 Å². The third-order valence-electron chi connectivity index (χ3n) is 4.82. The van der Waals surface area contributed by atoms with Crippen LogP contribution in [0.25, 0.3) is 27.6 Å². The largest absolute Gasteiger partial charge is 0.497 e. The van der Waals surface area contributed by atoms with Crippen molar-refractivity contribution in [1.29, 1.82) is 0 Å². The third-order valence-corrected chi connectivity index (χ3v) is 5.57. The summed E-state index contributed by atoms with van der Waals surface area (Å²) in [4.78, 5) is 15.0. The number of hydrogen-bond donors (Lipinski definition) is 1. The molecule has 0 saturated carbocycles. The molecule has 0 unspecified atom stereocenters. The van der Waals surface area contributed by atoms with Crippen molar-refractivity contribution in [2.75, 3.05) is 12.4 Å². The topological polar surface area (TPSA) is 64.3 Å². The van der Waals surface area contributed by atoms with Gasteiger partial charge in [0.05, 0.1) is 18.5 Å². The minimum atomic E-state index is 0.576. The lowest BCUT2D eigenvalue weighted by Crippen LogP contribution is -2.04. The number of nitrogens with one attached hydrogen (secondary N) is 1. The highest BCUT2D eigenvalue weighted by atomic mass is 32.1. The Kier molecular flexibility index (Phi) is 4.86. The van der Waals surface area contributed by atoms with Crippen LogP contribution in [0.4, 0.5) is 5.95 Å². The molecule has 3 aromatic heterocycles. The van der Waals surface area contributed by atoms with Gasteiger partial charge in [-0.15, -0.1) is 11.3 Å². The Hall–Kier alpha value is -3.71. The molecule has 6 nitrogen and oxygen atoms in total. The van der Waals surface area contributed by atoms with Gasteiger partial charge < -0.3 is 10.1 Å². The smallest absolute Gasteiger partial charge is 0.223 e. The standard InChI is InChI=1S/C23H19N5OS/c1-29-18-9-7-16(8-10-18)15-25-22-24-12-11-19(26-22)21-20(17-5-3-2-4-6-17)27-23-28(21)13-14-30-23/h2-14H,15H2,1H3,(H,24,25,26). The van der Waals surface area contributed by atoms with Crippen LogP contribution in [-0.4, -0.2) is 26.5 Å². The normalized spacial score (nSPS) is 11.0. The van der Waals surface area contributed by atoms with E-state index in [4.69, 9.17) is 14.7 Å². The average Bonchev–Trinajstić information content (AvgIpc) is 3.40. The molecule has 7 heteroatoms. The first-order chi connectivity index (χ1) is 14.8.